The van der Waals surface area contributed by atoms with E-state index in [1.165, 1.54) is 0 Å². The van der Waals surface area contributed by atoms with Gasteiger partial charge in [0.2, 0.25) is 0 Å². The number of carbonyl (C=O) groups is 1. The number of nitrogens with zero attached hydrogens (tertiary/aromatic N) is 2. The van der Waals surface area contributed by atoms with Crippen LogP contribution < -0.4 is 0 Å². The third kappa shape index (κ3) is 4.08. The summed E-state index contributed by atoms with van der Waals surface area (Å²) in [5, 5.41) is 0.190. The molecule has 98 valence electrons. The predicted octanol–water partition coefficient (Wildman–Crippen LogP) is 2.77. The summed E-state index contributed by atoms with van der Waals surface area (Å²) in [6, 6.07) is 1.65. The standard InChI is InChI=1S/C12H14BrClN2O2/c1-3-4-16(5-6-18-2)12(17)10-7-9(13)8-15-11(10)14/h3,7-8H,1,4-6H2,2H3. The Kier molecular flexibility index (Phi) is 6.32. The average molecular weight is 334 g/mol. The topological polar surface area (TPSA) is 42.4 Å². The van der Waals surface area contributed by atoms with Crippen molar-refractivity contribution in [1.29, 1.82) is 0 Å². The van der Waals surface area contributed by atoms with Crippen molar-refractivity contribution in [2.45, 2.75) is 0 Å². The number of pyridine rings is 1. The van der Waals surface area contributed by atoms with Crippen molar-refractivity contribution in [1.82, 2.24) is 9.88 Å². The molecule has 0 saturated carbocycles. The van der Waals surface area contributed by atoms with Gasteiger partial charge < -0.3 is 9.64 Å². The summed E-state index contributed by atoms with van der Waals surface area (Å²) >= 11 is 9.20. The molecule has 4 nitrogen and oxygen atoms in total. The Morgan fingerprint density at radius 3 is 3.06 bits per heavy atom. The Morgan fingerprint density at radius 1 is 1.72 bits per heavy atom. The molecule has 0 aliphatic carbocycles. The second-order valence-electron chi connectivity index (χ2n) is 3.52. The van der Waals surface area contributed by atoms with Gasteiger partial charge in [0.1, 0.15) is 5.15 Å². The first-order valence-electron chi connectivity index (χ1n) is 5.30. The van der Waals surface area contributed by atoms with Gasteiger partial charge in [0.15, 0.2) is 0 Å². The summed E-state index contributed by atoms with van der Waals surface area (Å²) in [4.78, 5) is 17.8. The molecular weight excluding hydrogens is 320 g/mol. The van der Waals surface area contributed by atoms with E-state index in [-0.39, 0.29) is 11.1 Å². The summed E-state index contributed by atoms with van der Waals surface area (Å²) < 4.78 is 5.68. The smallest absolute Gasteiger partial charge is 0.257 e. The Hall–Kier alpha value is -0.910. The van der Waals surface area contributed by atoms with Crippen molar-refractivity contribution in [2.24, 2.45) is 0 Å². The summed E-state index contributed by atoms with van der Waals surface area (Å²) in [6.07, 6.45) is 3.21. The molecule has 0 unspecified atom stereocenters. The molecule has 0 N–H and O–H groups in total. The summed E-state index contributed by atoms with van der Waals surface area (Å²) in [6.45, 7) is 5.00. The summed E-state index contributed by atoms with van der Waals surface area (Å²) in [5.74, 6) is -0.189. The molecule has 0 atom stereocenters. The minimum absolute atomic E-state index is 0.189. The van der Waals surface area contributed by atoms with Crippen LogP contribution in [0.1, 0.15) is 10.4 Å². The highest BCUT2D eigenvalue weighted by molar-refractivity contribution is 9.10. The van der Waals surface area contributed by atoms with Crippen molar-refractivity contribution in [3.63, 3.8) is 0 Å². The minimum Gasteiger partial charge on any atom is -0.383 e. The van der Waals surface area contributed by atoms with Gasteiger partial charge in [-0.3, -0.25) is 4.79 Å². The number of hydrogen-bond donors (Lipinski definition) is 0. The molecule has 0 radical (unpaired) electrons. The van der Waals surface area contributed by atoms with Crippen LogP contribution in [0, 0.1) is 0 Å². The van der Waals surface area contributed by atoms with E-state index in [1.54, 1.807) is 30.3 Å². The zero-order valence-electron chi connectivity index (χ0n) is 10.0. The fourth-order valence-electron chi connectivity index (χ4n) is 1.38. The van der Waals surface area contributed by atoms with E-state index in [0.717, 1.165) is 0 Å². The van der Waals surface area contributed by atoms with E-state index in [4.69, 9.17) is 16.3 Å². The molecule has 0 fully saturated rings. The number of aromatic nitrogens is 1. The van der Waals surface area contributed by atoms with Gasteiger partial charge in [0, 0.05) is 30.9 Å². The maximum absolute atomic E-state index is 12.3. The van der Waals surface area contributed by atoms with Crippen LogP contribution in [0.15, 0.2) is 29.4 Å². The average Bonchev–Trinajstić information content (AvgIpc) is 2.36. The molecule has 0 bridgehead atoms. The molecule has 0 aliphatic rings. The second kappa shape index (κ2) is 7.51. The lowest BCUT2D eigenvalue weighted by Gasteiger charge is -2.21. The van der Waals surface area contributed by atoms with E-state index >= 15 is 0 Å². The van der Waals surface area contributed by atoms with Gasteiger partial charge in [-0.25, -0.2) is 4.98 Å². The minimum atomic E-state index is -0.189. The van der Waals surface area contributed by atoms with E-state index in [9.17, 15) is 4.79 Å². The monoisotopic (exact) mass is 332 g/mol. The Labute approximate surface area is 120 Å². The molecule has 18 heavy (non-hydrogen) atoms. The highest BCUT2D eigenvalue weighted by Crippen LogP contribution is 2.19. The normalized spacial score (nSPS) is 10.2. The van der Waals surface area contributed by atoms with Crippen molar-refractivity contribution in [3.05, 3.63) is 40.1 Å². The third-order valence-corrected chi connectivity index (χ3v) is 2.97. The highest BCUT2D eigenvalue weighted by Gasteiger charge is 2.18. The lowest BCUT2D eigenvalue weighted by molar-refractivity contribution is 0.0718. The SMILES string of the molecule is C=CCN(CCOC)C(=O)c1cc(Br)cnc1Cl. The van der Waals surface area contributed by atoms with Crippen LogP contribution in [-0.4, -0.2) is 42.6 Å². The van der Waals surface area contributed by atoms with Gasteiger partial charge >= 0.3 is 0 Å². The molecule has 6 heteroatoms. The van der Waals surface area contributed by atoms with Crippen molar-refractivity contribution >= 4 is 33.4 Å². The van der Waals surface area contributed by atoms with E-state index in [1.807, 2.05) is 0 Å². The maximum Gasteiger partial charge on any atom is 0.257 e. The van der Waals surface area contributed by atoms with Crippen LogP contribution in [0.25, 0.3) is 0 Å². The highest BCUT2D eigenvalue weighted by atomic mass is 79.9. The van der Waals surface area contributed by atoms with Gasteiger partial charge in [0.25, 0.3) is 5.91 Å². The number of methoxy groups -OCH3 is 1. The predicted molar refractivity (Wildman–Crippen MR) is 74.9 cm³/mol. The van der Waals surface area contributed by atoms with E-state index in [0.29, 0.717) is 29.7 Å². The van der Waals surface area contributed by atoms with Gasteiger partial charge in [-0.15, -0.1) is 6.58 Å². The number of amides is 1. The first-order valence-corrected chi connectivity index (χ1v) is 6.47. The lowest BCUT2D eigenvalue weighted by atomic mass is 10.2. The third-order valence-electron chi connectivity index (χ3n) is 2.24. The zero-order valence-corrected chi connectivity index (χ0v) is 12.4. The van der Waals surface area contributed by atoms with Crippen LogP contribution >= 0.6 is 27.5 Å². The largest absolute Gasteiger partial charge is 0.383 e. The molecule has 1 heterocycles. The molecule has 1 rings (SSSR count). The van der Waals surface area contributed by atoms with E-state index in [2.05, 4.69) is 27.5 Å². The van der Waals surface area contributed by atoms with E-state index < -0.39 is 0 Å². The molecule has 1 amide bonds. The first-order chi connectivity index (χ1) is 8.60. The Balaban J connectivity index is 2.93. The van der Waals surface area contributed by atoms with Gasteiger partial charge in [0.05, 0.1) is 12.2 Å². The van der Waals surface area contributed by atoms with Crippen LogP contribution in [-0.2, 0) is 4.74 Å². The molecular formula is C12H14BrClN2O2. The molecule has 1 aromatic rings. The fourth-order valence-corrected chi connectivity index (χ4v) is 1.89. The quantitative estimate of drug-likeness (QED) is 0.594. The summed E-state index contributed by atoms with van der Waals surface area (Å²) in [7, 11) is 1.59. The van der Waals surface area contributed by atoms with Crippen molar-refractivity contribution in [2.75, 3.05) is 26.8 Å². The fraction of sp³-hybridized carbons (Fsp3) is 0.333. The molecule has 0 aliphatic heterocycles. The second-order valence-corrected chi connectivity index (χ2v) is 4.80. The molecule has 0 aromatic carbocycles. The van der Waals surface area contributed by atoms with Crippen LogP contribution in [0.3, 0.4) is 0 Å². The zero-order chi connectivity index (χ0) is 13.5. The summed E-state index contributed by atoms with van der Waals surface area (Å²) in [5.41, 5.74) is 0.365. The number of hydrogen-bond acceptors (Lipinski definition) is 3. The van der Waals surface area contributed by atoms with Crippen LogP contribution in [0.5, 0.6) is 0 Å². The van der Waals surface area contributed by atoms with Crippen LogP contribution in [0.4, 0.5) is 0 Å². The first kappa shape index (κ1) is 15.1. The number of carbonyl (C=O) groups excluding carboxylic acids is 1. The van der Waals surface area contributed by atoms with Crippen LogP contribution in [0.2, 0.25) is 5.15 Å². The number of ether oxygens (including phenoxy) is 1. The lowest BCUT2D eigenvalue weighted by Crippen LogP contribution is -2.34. The van der Waals surface area contributed by atoms with Crippen molar-refractivity contribution in [3.8, 4) is 0 Å². The van der Waals surface area contributed by atoms with Crippen molar-refractivity contribution < 1.29 is 9.53 Å². The Morgan fingerprint density at radius 2 is 2.44 bits per heavy atom. The Bertz CT molecular complexity index is 440. The number of halogens is 2. The number of rotatable bonds is 6. The van der Waals surface area contributed by atoms with Gasteiger partial charge in [-0.05, 0) is 22.0 Å². The molecule has 0 saturated heterocycles. The maximum atomic E-state index is 12.3. The molecule has 0 spiro atoms. The van der Waals surface area contributed by atoms with Gasteiger partial charge in [-0.2, -0.15) is 0 Å². The molecule has 1 aromatic heterocycles. The van der Waals surface area contributed by atoms with Gasteiger partial charge in [-0.1, -0.05) is 17.7 Å².